The van der Waals surface area contributed by atoms with E-state index >= 15 is 0 Å². The fraction of sp³-hybridized carbons (Fsp3) is 0.400. The minimum atomic E-state index is -5.19. The van der Waals surface area contributed by atoms with Crippen molar-refractivity contribution in [3.8, 4) is 5.75 Å². The van der Waals surface area contributed by atoms with Crippen molar-refractivity contribution in [2.24, 2.45) is 4.99 Å². The first kappa shape index (κ1) is 18.9. The molecule has 11 heteroatoms. The number of benzene rings is 1. The lowest BCUT2D eigenvalue weighted by atomic mass is 9.64. The number of fused-ring (bicyclic) bond motifs is 3. The molecule has 160 valence electrons. The van der Waals surface area contributed by atoms with E-state index in [1.807, 2.05) is 12.3 Å². The second kappa shape index (κ2) is 5.70. The number of carboxylic acids is 1. The molecule has 0 saturated carbocycles. The molecule has 5 heterocycles. The van der Waals surface area contributed by atoms with Crippen LogP contribution in [0.25, 0.3) is 5.57 Å². The standard InChI is InChI=1S/C18H13N3O2S.C2HF3O2/c22-9-3-10-18-4-8(9)21-2-1-7-6-19-14-12(7)16(21)13(18)15(17(14)23)20-11(5-18)24-10;3-2(4,5)1(6)7/h3,6,8,11H,1-2,4-5H2,(H,19,20,23);(H,6,7)/t8-,11-,18-;/m0./s1. The third kappa shape index (κ3) is 2.27. The number of aliphatic imine (C=N–C) groups is 1. The van der Waals surface area contributed by atoms with Gasteiger partial charge in [0.2, 0.25) is 17.2 Å². The molecule has 7 rings (SSSR count). The molecule has 0 amide bonds. The van der Waals surface area contributed by atoms with Crippen LogP contribution in [0.5, 0.6) is 5.75 Å². The van der Waals surface area contributed by atoms with Gasteiger partial charge in [-0.25, -0.2) is 4.58 Å². The Labute approximate surface area is 176 Å². The predicted molar refractivity (Wildman–Crippen MR) is 103 cm³/mol. The van der Waals surface area contributed by atoms with E-state index in [0.29, 0.717) is 5.69 Å². The number of phenolic OH excluding ortho intramolecular Hbond substituents is 1. The average Bonchev–Trinajstić information content (AvgIpc) is 3.24. The van der Waals surface area contributed by atoms with Crippen molar-refractivity contribution in [3.63, 3.8) is 0 Å². The Morgan fingerprint density at radius 3 is 2.84 bits per heavy atom. The Balaban J connectivity index is 0.000000233. The van der Waals surface area contributed by atoms with Gasteiger partial charge < -0.3 is 20.3 Å². The van der Waals surface area contributed by atoms with Gasteiger partial charge in [-0.3, -0.25) is 9.79 Å². The molecule has 1 aromatic carbocycles. The third-order valence-electron chi connectivity index (χ3n) is 6.81. The number of carbonyl (C=O) groups excluding carboxylic acids is 2. The summed E-state index contributed by atoms with van der Waals surface area (Å²) in [7, 11) is 0. The number of carboxylic acid groups (broad SMARTS) is 1. The van der Waals surface area contributed by atoms with Gasteiger partial charge in [0.15, 0.2) is 5.75 Å². The molecule has 1 fully saturated rings. The van der Waals surface area contributed by atoms with Gasteiger partial charge in [0.25, 0.3) is 0 Å². The number of allylic oxidation sites excluding steroid dienone is 1. The van der Waals surface area contributed by atoms with Gasteiger partial charge in [0.05, 0.1) is 21.8 Å². The lowest BCUT2D eigenvalue weighted by Crippen LogP contribution is -2.63. The molecule has 0 radical (unpaired) electrons. The highest BCUT2D eigenvalue weighted by Crippen LogP contribution is 2.62. The number of nitrogens with one attached hydrogen (secondary N) is 1. The lowest BCUT2D eigenvalue weighted by Gasteiger charge is -2.42. The highest BCUT2D eigenvalue weighted by atomic mass is 32.2. The van der Waals surface area contributed by atoms with Gasteiger partial charge in [-0.2, -0.15) is 13.2 Å². The number of hydrogen-bond donors (Lipinski definition) is 2. The van der Waals surface area contributed by atoms with Crippen LogP contribution in [0.2, 0.25) is 0 Å². The summed E-state index contributed by atoms with van der Waals surface area (Å²) >= 11 is 1.77. The first-order valence-corrected chi connectivity index (χ1v) is 10.6. The first-order chi connectivity index (χ1) is 14.6. The van der Waals surface area contributed by atoms with Crippen LogP contribution in [0.1, 0.15) is 24.8 Å². The van der Waals surface area contributed by atoms with Crippen LogP contribution in [0.15, 0.2) is 16.0 Å². The number of carbonyl (C=O) groups is 2. The van der Waals surface area contributed by atoms with Crippen molar-refractivity contribution in [1.82, 2.24) is 4.58 Å². The number of hydrogen-bond acceptors (Lipinski definition) is 7. The van der Waals surface area contributed by atoms with Crippen molar-refractivity contribution in [2.75, 3.05) is 11.9 Å². The summed E-state index contributed by atoms with van der Waals surface area (Å²) < 4.78 is 33.8. The van der Waals surface area contributed by atoms with Crippen LogP contribution < -0.4 is 25.6 Å². The number of anilines is 1. The van der Waals surface area contributed by atoms with Crippen LogP contribution >= 0.6 is 11.8 Å². The summed E-state index contributed by atoms with van der Waals surface area (Å²) in [6, 6.07) is -0.0534. The molecule has 31 heavy (non-hydrogen) atoms. The zero-order valence-corrected chi connectivity index (χ0v) is 16.6. The van der Waals surface area contributed by atoms with E-state index in [1.54, 1.807) is 11.8 Å². The molecule has 7 nitrogen and oxygen atoms in total. The van der Waals surface area contributed by atoms with E-state index < -0.39 is 12.1 Å². The van der Waals surface area contributed by atoms with Gasteiger partial charge in [0.1, 0.15) is 18.2 Å². The number of rotatable bonds is 0. The molecule has 5 aliphatic heterocycles. The Morgan fingerprint density at radius 2 is 2.13 bits per heavy atom. The van der Waals surface area contributed by atoms with Crippen molar-refractivity contribution < 1.29 is 33.0 Å². The van der Waals surface area contributed by atoms with Crippen LogP contribution in [-0.4, -0.2) is 47.2 Å². The Hall–Kier alpha value is -2.82. The number of aromatic hydroxyl groups is 1. The maximum Gasteiger partial charge on any atom is 0.430 e. The second-order valence-electron chi connectivity index (χ2n) is 8.35. The topological polar surface area (TPSA) is 105 Å². The lowest BCUT2D eigenvalue weighted by molar-refractivity contribution is -0.344. The molecular formula is C20H14F3N3O4S. The van der Waals surface area contributed by atoms with Crippen LogP contribution in [-0.2, 0) is 15.0 Å². The smallest absolute Gasteiger partial charge is 0.430 e. The van der Waals surface area contributed by atoms with E-state index in [9.17, 15) is 23.1 Å². The minimum Gasteiger partial charge on any atom is -0.542 e. The maximum absolute atomic E-state index is 12.8. The van der Waals surface area contributed by atoms with Gasteiger partial charge >= 0.3 is 6.18 Å². The largest absolute Gasteiger partial charge is 0.542 e. The molecule has 1 spiro atoms. The third-order valence-corrected chi connectivity index (χ3v) is 8.14. The molecule has 6 aliphatic rings. The van der Waals surface area contributed by atoms with Gasteiger partial charge in [-0.05, 0) is 18.1 Å². The number of halogens is 3. The van der Waals surface area contributed by atoms with Crippen LogP contribution in [0.4, 0.5) is 24.5 Å². The highest BCUT2D eigenvalue weighted by Gasteiger charge is 2.61. The number of alkyl halides is 3. The Bertz CT molecular complexity index is 1320. The first-order valence-electron chi connectivity index (χ1n) is 9.69. The van der Waals surface area contributed by atoms with Crippen LogP contribution in [0, 0.1) is 0 Å². The second-order valence-corrected chi connectivity index (χ2v) is 9.60. The number of ketones is 1. The van der Waals surface area contributed by atoms with Gasteiger partial charge in [0, 0.05) is 29.4 Å². The summed E-state index contributed by atoms with van der Waals surface area (Å²) in [6.07, 6.45) is 1.35. The van der Waals surface area contributed by atoms with Crippen molar-refractivity contribution in [2.45, 2.75) is 42.3 Å². The fourth-order valence-corrected chi connectivity index (χ4v) is 7.19. The molecule has 1 saturated heterocycles. The highest BCUT2D eigenvalue weighted by molar-refractivity contribution is 8.04. The quantitative estimate of drug-likeness (QED) is 0.421. The van der Waals surface area contributed by atoms with Gasteiger partial charge in [-0.1, -0.05) is 0 Å². The fourth-order valence-electron chi connectivity index (χ4n) is 5.66. The van der Waals surface area contributed by atoms with Crippen LogP contribution in [0.3, 0.4) is 0 Å². The molecule has 2 N–H and O–H groups in total. The number of nitrogens with zero attached hydrogens (tertiary/aromatic N) is 2. The predicted octanol–water partition coefficient (Wildman–Crippen LogP) is -0.183. The number of thioether (sulfide) groups is 1. The van der Waals surface area contributed by atoms with E-state index in [2.05, 4.69) is 14.9 Å². The van der Waals surface area contributed by atoms with Crippen molar-refractivity contribution in [3.05, 3.63) is 27.1 Å². The number of aliphatic carboxylic acids is 1. The summed E-state index contributed by atoms with van der Waals surface area (Å²) in [5.41, 5.74) is 3.89. The minimum absolute atomic E-state index is 0.0534. The summed E-state index contributed by atoms with van der Waals surface area (Å²) in [4.78, 5) is 27.3. The molecular weight excluding hydrogens is 435 g/mol. The summed E-state index contributed by atoms with van der Waals surface area (Å²) in [5, 5.41) is 25.7. The molecule has 0 aromatic heterocycles. The zero-order chi connectivity index (χ0) is 21.9. The van der Waals surface area contributed by atoms with Crippen molar-refractivity contribution in [1.29, 1.82) is 0 Å². The molecule has 1 aliphatic carbocycles. The number of phenols is 1. The van der Waals surface area contributed by atoms with Gasteiger partial charge in [-0.15, -0.1) is 11.8 Å². The maximum atomic E-state index is 12.8. The van der Waals surface area contributed by atoms with E-state index in [0.717, 1.165) is 36.7 Å². The zero-order valence-electron chi connectivity index (χ0n) is 15.7. The molecule has 3 atom stereocenters. The van der Waals surface area contributed by atoms with E-state index in [1.165, 1.54) is 21.4 Å². The summed E-state index contributed by atoms with van der Waals surface area (Å²) in [6.45, 7) is 0.858. The SMILES string of the molecule is O=C([O-])C(F)(F)F.O=C1C=C2S[C@H]3C[C@@]24C[C@@H]1[N+]1=c2c4c(c(O)c4c2=C(C=N4)CC1)N3. The van der Waals surface area contributed by atoms with Crippen molar-refractivity contribution >= 4 is 46.7 Å². The molecule has 1 aromatic rings. The Kier molecular flexibility index (Phi) is 3.48. The summed E-state index contributed by atoms with van der Waals surface area (Å²) in [5.74, 6) is -2.47. The normalized spacial score (nSPS) is 29.9. The van der Waals surface area contributed by atoms with E-state index in [4.69, 9.17) is 9.90 Å². The van der Waals surface area contributed by atoms with E-state index in [-0.39, 0.29) is 28.4 Å². The molecule has 0 unspecified atom stereocenters. The Morgan fingerprint density at radius 1 is 1.39 bits per heavy atom. The molecule has 3 bridgehead atoms. The monoisotopic (exact) mass is 449 g/mol. The average molecular weight is 449 g/mol.